The van der Waals surface area contributed by atoms with Crippen molar-refractivity contribution in [1.82, 2.24) is 5.32 Å². The number of likely N-dealkylation sites (N-methyl/N-ethyl adjacent to an activating group) is 1. The van der Waals surface area contributed by atoms with Crippen LogP contribution < -0.4 is 5.32 Å². The van der Waals surface area contributed by atoms with E-state index in [-0.39, 0.29) is 0 Å². The van der Waals surface area contributed by atoms with Crippen molar-refractivity contribution in [1.29, 1.82) is 0 Å². The molecule has 0 aromatic rings. The minimum Gasteiger partial charge on any atom is -0.388 e. The monoisotopic (exact) mass is 94.1 g/mol. The van der Waals surface area contributed by atoms with Gasteiger partial charge in [0.1, 0.15) is 0 Å². The smallest absolute Gasteiger partial charge is 0.0373 e. The predicted octanol–water partition coefficient (Wildman–Crippen LogP) is 0.853. The van der Waals surface area contributed by atoms with E-state index in [0.29, 0.717) is 0 Å². The highest BCUT2D eigenvalue weighted by Gasteiger charge is 1.90. The van der Waals surface area contributed by atoms with Crippen molar-refractivity contribution in [3.05, 3.63) is 23.9 Å². The van der Waals surface area contributed by atoms with Gasteiger partial charge in [-0.05, 0) is 18.6 Å². The third kappa shape index (κ3) is 0.829. The van der Waals surface area contributed by atoms with Crippen LogP contribution in [-0.4, -0.2) is 7.05 Å². The summed E-state index contributed by atoms with van der Waals surface area (Å²) in [5.74, 6) is 0. The molecule has 0 saturated carbocycles. The first-order chi connectivity index (χ1) is 3.43. The first-order valence-electron chi connectivity index (χ1n) is 2.38. The van der Waals surface area contributed by atoms with Gasteiger partial charge in [0.15, 0.2) is 0 Å². The molecule has 1 aliphatic rings. The molecule has 1 N–H and O–H groups in total. The van der Waals surface area contributed by atoms with Crippen molar-refractivity contribution in [3.8, 4) is 0 Å². The summed E-state index contributed by atoms with van der Waals surface area (Å²) >= 11 is 0. The zero-order valence-electron chi connectivity index (χ0n) is 4.36. The van der Waals surface area contributed by atoms with Gasteiger partial charge in [-0.1, -0.05) is 6.08 Å². The van der Waals surface area contributed by atoms with Gasteiger partial charge in [-0.3, -0.25) is 0 Å². The summed E-state index contributed by atoms with van der Waals surface area (Å²) in [6.45, 7) is 0. The maximum Gasteiger partial charge on any atom is 0.0373 e. The van der Waals surface area contributed by atoms with Crippen LogP contribution in [0.2, 0.25) is 0 Å². The normalized spacial score (nSPS) is 17.0. The fourth-order valence-corrected chi connectivity index (χ4v) is 0.576. The number of rotatable bonds is 1. The fraction of sp³-hybridized carbons (Fsp3) is 0.333. The maximum absolute atomic E-state index is 3.10. The third-order valence-electron chi connectivity index (χ3n) is 0.964. The van der Waals surface area contributed by atoms with Crippen LogP contribution in [0.1, 0.15) is 6.42 Å². The predicted molar refractivity (Wildman–Crippen MR) is 29.6 cm³/mol. The highest BCUT2D eigenvalue weighted by Crippen LogP contribution is 2.01. The van der Waals surface area contributed by atoms with E-state index in [9.17, 15) is 0 Å². The molecule has 1 radical (unpaired) electrons. The Hall–Kier alpha value is -0.720. The average molecular weight is 94.1 g/mol. The van der Waals surface area contributed by atoms with Crippen molar-refractivity contribution in [2.24, 2.45) is 0 Å². The molecule has 7 heavy (non-hydrogen) atoms. The number of hydrogen-bond donors (Lipinski definition) is 1. The topological polar surface area (TPSA) is 12.0 Å². The lowest BCUT2D eigenvalue weighted by Crippen LogP contribution is -2.00. The van der Waals surface area contributed by atoms with E-state index in [0.717, 1.165) is 12.1 Å². The van der Waals surface area contributed by atoms with Crippen molar-refractivity contribution < 1.29 is 0 Å². The highest BCUT2D eigenvalue weighted by molar-refractivity contribution is 5.19. The van der Waals surface area contributed by atoms with Gasteiger partial charge in [0, 0.05) is 12.7 Å². The lowest BCUT2D eigenvalue weighted by atomic mass is 10.5. The Morgan fingerprint density at radius 1 is 1.86 bits per heavy atom. The van der Waals surface area contributed by atoms with Crippen LogP contribution in [0.25, 0.3) is 0 Å². The Bertz CT molecular complexity index is 111. The Kier molecular flexibility index (Phi) is 1.16. The SMILES string of the molecule is CNC1=[C]CC=C1. The second kappa shape index (κ2) is 1.82. The Morgan fingerprint density at radius 2 is 2.71 bits per heavy atom. The van der Waals surface area contributed by atoms with Crippen LogP contribution in [-0.2, 0) is 0 Å². The molecule has 0 unspecified atom stereocenters. The largest absolute Gasteiger partial charge is 0.388 e. The molecule has 1 rings (SSSR count). The summed E-state index contributed by atoms with van der Waals surface area (Å²) in [4.78, 5) is 0. The van der Waals surface area contributed by atoms with Crippen molar-refractivity contribution in [3.63, 3.8) is 0 Å². The van der Waals surface area contributed by atoms with E-state index in [2.05, 4.69) is 17.5 Å². The summed E-state index contributed by atoms with van der Waals surface area (Å²) < 4.78 is 0. The molecule has 0 fully saturated rings. The highest BCUT2D eigenvalue weighted by atomic mass is 14.8. The zero-order chi connectivity index (χ0) is 5.11. The molecule has 0 amide bonds. The standard InChI is InChI=1S/C6H8N/c1-7-6-4-2-3-5-6/h2,4,7H,3H2,1H3. The number of allylic oxidation sites excluding steroid dienone is 3. The van der Waals surface area contributed by atoms with Gasteiger partial charge in [0.05, 0.1) is 0 Å². The zero-order valence-corrected chi connectivity index (χ0v) is 4.36. The summed E-state index contributed by atoms with van der Waals surface area (Å²) in [6, 6.07) is 0. The first-order valence-corrected chi connectivity index (χ1v) is 2.38. The lowest BCUT2D eigenvalue weighted by molar-refractivity contribution is 1.03. The Labute approximate surface area is 43.7 Å². The van der Waals surface area contributed by atoms with Gasteiger partial charge < -0.3 is 5.32 Å². The first kappa shape index (κ1) is 4.44. The number of hydrogen-bond acceptors (Lipinski definition) is 1. The van der Waals surface area contributed by atoms with Crippen LogP contribution in [0.5, 0.6) is 0 Å². The molecule has 0 saturated heterocycles. The molecule has 0 atom stereocenters. The van der Waals surface area contributed by atoms with Crippen LogP contribution in [0.15, 0.2) is 17.8 Å². The van der Waals surface area contributed by atoms with E-state index < -0.39 is 0 Å². The third-order valence-corrected chi connectivity index (χ3v) is 0.964. The molecule has 0 aromatic heterocycles. The van der Waals surface area contributed by atoms with Crippen molar-refractivity contribution in [2.75, 3.05) is 7.05 Å². The molecular weight excluding hydrogens is 86.1 g/mol. The molecule has 1 heteroatoms. The van der Waals surface area contributed by atoms with Crippen LogP contribution in [0, 0.1) is 6.08 Å². The fourth-order valence-electron chi connectivity index (χ4n) is 0.576. The molecule has 0 heterocycles. The Morgan fingerprint density at radius 3 is 3.00 bits per heavy atom. The second-order valence-electron chi connectivity index (χ2n) is 1.45. The maximum atomic E-state index is 3.10. The summed E-state index contributed by atoms with van der Waals surface area (Å²) in [7, 11) is 1.90. The van der Waals surface area contributed by atoms with E-state index in [1.165, 1.54) is 0 Å². The van der Waals surface area contributed by atoms with Crippen molar-refractivity contribution in [2.45, 2.75) is 6.42 Å². The second-order valence-corrected chi connectivity index (χ2v) is 1.45. The minimum atomic E-state index is 0.968. The molecule has 0 aromatic carbocycles. The van der Waals surface area contributed by atoms with E-state index in [1.54, 1.807) is 0 Å². The molecule has 0 aliphatic heterocycles. The van der Waals surface area contributed by atoms with Gasteiger partial charge in [-0.15, -0.1) is 0 Å². The van der Waals surface area contributed by atoms with Gasteiger partial charge in [0.25, 0.3) is 0 Å². The van der Waals surface area contributed by atoms with Gasteiger partial charge in [-0.2, -0.15) is 0 Å². The average Bonchev–Trinajstić information content (AvgIpc) is 2.14. The summed E-state index contributed by atoms with van der Waals surface area (Å²) in [6.07, 6.45) is 8.17. The van der Waals surface area contributed by atoms with Gasteiger partial charge in [0.2, 0.25) is 0 Å². The van der Waals surface area contributed by atoms with Crippen LogP contribution in [0.4, 0.5) is 0 Å². The quantitative estimate of drug-likeness (QED) is 0.508. The molecule has 37 valence electrons. The van der Waals surface area contributed by atoms with Crippen molar-refractivity contribution >= 4 is 0 Å². The number of nitrogens with one attached hydrogen (secondary N) is 1. The molecule has 0 spiro atoms. The van der Waals surface area contributed by atoms with E-state index in [4.69, 9.17) is 0 Å². The summed E-state index contributed by atoms with van der Waals surface area (Å²) in [5, 5.41) is 2.98. The molecule has 1 aliphatic carbocycles. The minimum absolute atomic E-state index is 0.968. The Balaban J connectivity index is 2.52. The van der Waals surface area contributed by atoms with E-state index >= 15 is 0 Å². The van der Waals surface area contributed by atoms with Crippen LogP contribution >= 0.6 is 0 Å². The molecule has 0 bridgehead atoms. The van der Waals surface area contributed by atoms with E-state index in [1.807, 2.05) is 13.1 Å². The lowest BCUT2D eigenvalue weighted by Gasteiger charge is -1.90. The molecular formula is C6H8N. The van der Waals surface area contributed by atoms with Crippen LogP contribution in [0.3, 0.4) is 0 Å². The van der Waals surface area contributed by atoms with Gasteiger partial charge in [-0.25, -0.2) is 0 Å². The summed E-state index contributed by atoms with van der Waals surface area (Å²) in [5.41, 5.74) is 1.11. The van der Waals surface area contributed by atoms with Gasteiger partial charge >= 0.3 is 0 Å². The molecule has 1 nitrogen and oxygen atoms in total.